The summed E-state index contributed by atoms with van der Waals surface area (Å²) in [6.45, 7) is 7.15. The first kappa shape index (κ1) is 42.7. The third kappa shape index (κ3) is 8.75. The molecule has 2 aromatic heterocycles. The van der Waals surface area contributed by atoms with Gasteiger partial charge in [0.1, 0.15) is 23.7 Å². The fourth-order valence-corrected chi connectivity index (χ4v) is 8.42. The summed E-state index contributed by atoms with van der Waals surface area (Å²) in [6.07, 6.45) is 0.0738. The van der Waals surface area contributed by atoms with Gasteiger partial charge in [-0.15, -0.1) is 0 Å². The van der Waals surface area contributed by atoms with Crippen molar-refractivity contribution in [2.75, 3.05) is 27.2 Å². The Kier molecular flexibility index (Phi) is 13.2. The first-order valence-corrected chi connectivity index (χ1v) is 20.2. The van der Waals surface area contributed by atoms with Crippen molar-refractivity contribution in [1.29, 1.82) is 0 Å². The van der Waals surface area contributed by atoms with E-state index in [9.17, 15) is 38.2 Å². The monoisotopic (exact) mass is 806 g/mol. The molecule has 14 nitrogen and oxygen atoms in total. The fourth-order valence-electron chi connectivity index (χ4n) is 8.42. The van der Waals surface area contributed by atoms with Crippen molar-refractivity contribution in [3.05, 3.63) is 59.2 Å². The number of carbonyl (C=O) groups excluding carboxylic acids is 4. The Labute approximate surface area is 336 Å². The minimum absolute atomic E-state index is 0.0711. The molecule has 16 heteroatoms. The Bertz CT molecular complexity index is 2010. The Morgan fingerprint density at radius 1 is 0.707 bits per heavy atom. The maximum absolute atomic E-state index is 14.8. The van der Waals surface area contributed by atoms with Gasteiger partial charge in [-0.05, 0) is 114 Å². The van der Waals surface area contributed by atoms with Gasteiger partial charge in [0, 0.05) is 47.0 Å². The summed E-state index contributed by atoms with van der Waals surface area (Å²) in [4.78, 5) is 63.7. The van der Waals surface area contributed by atoms with Crippen LogP contribution in [-0.2, 0) is 32.0 Å². The van der Waals surface area contributed by atoms with Crippen LogP contribution in [0.2, 0.25) is 0 Å². The molecular weight excluding hydrogens is 751 g/mol. The van der Waals surface area contributed by atoms with Gasteiger partial charge in [-0.1, -0.05) is 13.8 Å². The molecule has 2 fully saturated rings. The lowest BCUT2D eigenvalue weighted by Crippen LogP contribution is -2.53. The topological polar surface area (TPSA) is 195 Å². The number of hydrogen-bond acceptors (Lipinski definition) is 8. The highest BCUT2D eigenvalue weighted by Gasteiger charge is 2.41. The van der Waals surface area contributed by atoms with E-state index in [1.807, 2.05) is 13.8 Å². The van der Waals surface area contributed by atoms with E-state index in [2.05, 4.69) is 31.2 Å². The number of H-pyrrole nitrogens is 2. The zero-order valence-corrected chi connectivity index (χ0v) is 33.9. The lowest BCUT2D eigenvalue weighted by atomic mass is 9.94. The lowest BCUT2D eigenvalue weighted by Gasteiger charge is -2.30. The summed E-state index contributed by atoms with van der Waals surface area (Å²) in [7, 11) is 3.31. The van der Waals surface area contributed by atoms with Gasteiger partial charge in [0.05, 0.1) is 35.7 Å². The van der Waals surface area contributed by atoms with Crippen molar-refractivity contribution in [1.82, 2.24) is 41.0 Å². The van der Waals surface area contributed by atoms with Crippen LogP contribution < -0.4 is 21.3 Å². The van der Waals surface area contributed by atoms with Crippen LogP contribution in [0.3, 0.4) is 0 Å². The van der Waals surface area contributed by atoms with E-state index in [4.69, 9.17) is 0 Å². The van der Waals surface area contributed by atoms with Gasteiger partial charge in [0.15, 0.2) is 0 Å². The number of carbonyl (C=O) groups is 4. The first-order chi connectivity index (χ1) is 27.7. The number of aliphatic hydroxyl groups excluding tert-OH is 2. The highest BCUT2D eigenvalue weighted by molar-refractivity contribution is 5.97. The molecule has 8 N–H and O–H groups in total. The summed E-state index contributed by atoms with van der Waals surface area (Å²) in [5, 5.41) is 34.7. The number of nitrogens with zero attached hydrogens (tertiary/aromatic N) is 2. The summed E-state index contributed by atoms with van der Waals surface area (Å²) >= 11 is 0. The number of likely N-dealkylation sites (N-methyl/N-ethyl adjacent to an activating group) is 2. The molecule has 4 aromatic rings. The second-order valence-electron chi connectivity index (χ2n) is 15.8. The number of aliphatic hydroxyl groups is 2. The van der Waals surface area contributed by atoms with Gasteiger partial charge < -0.3 is 51.2 Å². The minimum Gasteiger partial charge on any atom is -0.391 e. The summed E-state index contributed by atoms with van der Waals surface area (Å²) in [6, 6.07) is 5.13. The van der Waals surface area contributed by atoms with E-state index in [1.165, 1.54) is 24.3 Å². The molecule has 6 rings (SSSR count). The van der Waals surface area contributed by atoms with Gasteiger partial charge in [0.25, 0.3) is 0 Å². The maximum atomic E-state index is 14.8. The molecule has 314 valence electrons. The highest BCUT2D eigenvalue weighted by Crippen LogP contribution is 2.40. The summed E-state index contributed by atoms with van der Waals surface area (Å²) in [5.41, 5.74) is 3.58. The fraction of sp³-hybridized carbons (Fsp3) is 0.524. The van der Waals surface area contributed by atoms with Crippen LogP contribution in [0.1, 0.15) is 64.5 Å². The van der Waals surface area contributed by atoms with E-state index in [-0.39, 0.29) is 62.4 Å². The number of benzene rings is 2. The average Bonchev–Trinajstić information content (AvgIpc) is 3.96. The maximum Gasteiger partial charge on any atom is 0.245 e. The van der Waals surface area contributed by atoms with Crippen molar-refractivity contribution in [2.24, 2.45) is 0 Å². The number of likely N-dealkylation sites (tertiary alicyclic amines) is 2. The molecule has 0 spiro atoms. The Morgan fingerprint density at radius 2 is 1.09 bits per heavy atom. The van der Waals surface area contributed by atoms with Crippen LogP contribution in [0.5, 0.6) is 0 Å². The number of amides is 4. The quantitative estimate of drug-likeness (QED) is 0.0899. The molecule has 0 saturated carbocycles. The van der Waals surface area contributed by atoms with Gasteiger partial charge in [-0.3, -0.25) is 19.2 Å². The Hall–Kier alpha value is -4.90. The molecule has 0 aliphatic carbocycles. The molecule has 0 unspecified atom stereocenters. The van der Waals surface area contributed by atoms with Crippen LogP contribution in [0, 0.1) is 11.6 Å². The predicted molar refractivity (Wildman–Crippen MR) is 217 cm³/mol. The zero-order chi connectivity index (χ0) is 42.0. The number of aromatic nitrogens is 2. The van der Waals surface area contributed by atoms with E-state index >= 15 is 0 Å². The second kappa shape index (κ2) is 17.9. The largest absolute Gasteiger partial charge is 0.391 e. The third-order valence-corrected chi connectivity index (χ3v) is 11.9. The van der Waals surface area contributed by atoms with Crippen LogP contribution in [0.4, 0.5) is 8.78 Å². The zero-order valence-electron chi connectivity index (χ0n) is 33.9. The first-order valence-electron chi connectivity index (χ1n) is 20.2. The predicted octanol–water partition coefficient (Wildman–Crippen LogP) is 2.61. The molecule has 2 aliphatic rings. The van der Waals surface area contributed by atoms with Crippen molar-refractivity contribution in [3.63, 3.8) is 0 Å². The Balaban J connectivity index is 1.40. The van der Waals surface area contributed by atoms with E-state index in [0.29, 0.717) is 46.0 Å². The van der Waals surface area contributed by atoms with E-state index in [1.54, 1.807) is 49.9 Å². The molecule has 2 aliphatic heterocycles. The molecule has 4 amide bonds. The van der Waals surface area contributed by atoms with Crippen molar-refractivity contribution >= 4 is 45.4 Å². The molecule has 2 aromatic carbocycles. The van der Waals surface area contributed by atoms with Crippen molar-refractivity contribution in [3.8, 4) is 11.4 Å². The average molecular weight is 807 g/mol. The molecule has 58 heavy (non-hydrogen) atoms. The number of aromatic amines is 2. The molecule has 4 heterocycles. The highest BCUT2D eigenvalue weighted by atomic mass is 19.1. The smallest absolute Gasteiger partial charge is 0.245 e. The number of nitrogens with one attached hydrogen (secondary N) is 6. The van der Waals surface area contributed by atoms with Gasteiger partial charge in [-0.2, -0.15) is 0 Å². The summed E-state index contributed by atoms with van der Waals surface area (Å²) < 4.78 is 29.6. The molecule has 8 atom stereocenters. The number of β-amino-alcohol motifs (C(OH)–C–C–N with tert-alkyl or cyclic N) is 2. The second-order valence-corrected chi connectivity index (χ2v) is 15.8. The van der Waals surface area contributed by atoms with Crippen molar-refractivity contribution < 1.29 is 38.2 Å². The van der Waals surface area contributed by atoms with Crippen LogP contribution >= 0.6 is 0 Å². The van der Waals surface area contributed by atoms with Crippen molar-refractivity contribution in [2.45, 2.75) is 115 Å². The van der Waals surface area contributed by atoms with Gasteiger partial charge in [0.2, 0.25) is 23.6 Å². The van der Waals surface area contributed by atoms with Crippen LogP contribution in [-0.4, -0.2) is 129 Å². The Morgan fingerprint density at radius 3 is 1.43 bits per heavy atom. The molecule has 0 bridgehead atoms. The summed E-state index contributed by atoms with van der Waals surface area (Å²) in [5.74, 6) is -2.21. The minimum atomic E-state index is -0.817. The third-order valence-electron chi connectivity index (χ3n) is 11.9. The molecular formula is C42H56F2N8O6. The number of hydrogen-bond donors (Lipinski definition) is 8. The van der Waals surface area contributed by atoms with Crippen LogP contribution in [0.15, 0.2) is 36.4 Å². The van der Waals surface area contributed by atoms with Crippen LogP contribution in [0.25, 0.3) is 33.2 Å². The number of rotatable bonds is 15. The number of fused-ring (bicyclic) bond motifs is 2. The van der Waals surface area contributed by atoms with E-state index in [0.717, 1.165) is 11.1 Å². The molecule has 0 radical (unpaired) electrons. The molecule has 2 saturated heterocycles. The van der Waals surface area contributed by atoms with Gasteiger partial charge in [-0.25, -0.2) is 8.78 Å². The normalized spacial score (nSPS) is 21.7. The van der Waals surface area contributed by atoms with E-state index < -0.39 is 60.1 Å². The standard InChI is InChI=1S/C42H56F2N8O6/c1-7-33(49-39(55)21(3)45-5)41(57)51-19-27(53)15-25(51)17-31-29-11-9-23(43)13-35(29)47-37(31)38-32(30-12-10-24(44)14-36(30)48-38)18-26-16-28(54)20-52(26)42(58)34(8-2)50-40(56)22(4)46-6/h9-14,21-22,25-28,33-34,45-48,53-54H,7-8,15-20H2,1-6H3,(H,49,55)(H,50,56)/t21-,22-,25-,26+,27-,28-,33+,34-/m0/s1. The van der Waals surface area contributed by atoms with Gasteiger partial charge >= 0.3 is 0 Å². The number of halogens is 2. The SMILES string of the molecule is CC[C@H](NC(=O)[C@H](C)NC)C(=O)N1C[C@@H](O)C[C@@H]1Cc1c(-c2[nH]c3cc(F)ccc3c2C[C@@H]2C[C@H](O)CN2C(=O)[C@@H](CC)NC(=O)[C@H](C)NC)[nH]c2cc(F)ccc12. The lowest BCUT2D eigenvalue weighted by molar-refractivity contribution is -0.138.